The SMILES string of the molecule is C=Cc1c(C(=O)O)cccc1-c1ccc2c(c1)C(O)(c1cccnc1)CCC2(C)C. The summed E-state index contributed by atoms with van der Waals surface area (Å²) in [6.45, 7) is 8.20. The molecule has 0 aliphatic heterocycles. The fourth-order valence-electron chi connectivity index (χ4n) is 4.54. The van der Waals surface area contributed by atoms with Crippen molar-refractivity contribution in [2.45, 2.75) is 37.7 Å². The van der Waals surface area contributed by atoms with Crippen LogP contribution < -0.4 is 0 Å². The van der Waals surface area contributed by atoms with Gasteiger partial charge in [0.05, 0.1) is 5.56 Å². The zero-order valence-corrected chi connectivity index (χ0v) is 17.2. The minimum absolute atomic E-state index is 0.0769. The topological polar surface area (TPSA) is 70.4 Å². The smallest absolute Gasteiger partial charge is 0.336 e. The molecule has 0 radical (unpaired) electrons. The highest BCUT2D eigenvalue weighted by Crippen LogP contribution is 2.49. The van der Waals surface area contributed by atoms with Gasteiger partial charge < -0.3 is 10.2 Å². The lowest BCUT2D eigenvalue weighted by molar-refractivity contribution is 0.0493. The third-order valence-corrected chi connectivity index (χ3v) is 6.30. The summed E-state index contributed by atoms with van der Waals surface area (Å²) in [6, 6.07) is 15.0. The van der Waals surface area contributed by atoms with E-state index in [2.05, 4.69) is 31.5 Å². The summed E-state index contributed by atoms with van der Waals surface area (Å²) in [5.41, 5.74) is 3.91. The van der Waals surface area contributed by atoms with Crippen LogP contribution in [0.3, 0.4) is 0 Å². The largest absolute Gasteiger partial charge is 0.478 e. The second kappa shape index (κ2) is 7.22. The van der Waals surface area contributed by atoms with Crippen molar-refractivity contribution in [3.8, 4) is 11.1 Å². The Balaban J connectivity index is 1.96. The average molecular weight is 399 g/mol. The lowest BCUT2D eigenvalue weighted by atomic mass is 9.64. The summed E-state index contributed by atoms with van der Waals surface area (Å²) >= 11 is 0. The van der Waals surface area contributed by atoms with Crippen LogP contribution in [0.5, 0.6) is 0 Å². The van der Waals surface area contributed by atoms with Gasteiger partial charge in [0, 0.05) is 18.0 Å². The van der Waals surface area contributed by atoms with Gasteiger partial charge in [-0.15, -0.1) is 0 Å². The maximum Gasteiger partial charge on any atom is 0.336 e. The predicted octanol–water partition coefficient (Wildman–Crippen LogP) is 5.40. The molecule has 0 bridgehead atoms. The highest BCUT2D eigenvalue weighted by Gasteiger charge is 2.43. The molecular formula is C26H25NO3. The number of aliphatic hydroxyl groups is 1. The van der Waals surface area contributed by atoms with Crippen LogP contribution in [0.15, 0.2) is 67.5 Å². The number of aromatic carboxylic acids is 1. The van der Waals surface area contributed by atoms with E-state index >= 15 is 0 Å². The van der Waals surface area contributed by atoms with E-state index in [0.717, 1.165) is 34.2 Å². The van der Waals surface area contributed by atoms with Gasteiger partial charge in [-0.1, -0.05) is 56.8 Å². The van der Waals surface area contributed by atoms with E-state index < -0.39 is 11.6 Å². The van der Waals surface area contributed by atoms with Gasteiger partial charge in [-0.3, -0.25) is 4.98 Å². The number of rotatable bonds is 4. The van der Waals surface area contributed by atoms with Gasteiger partial charge in [0.1, 0.15) is 5.60 Å². The summed E-state index contributed by atoms with van der Waals surface area (Å²) in [7, 11) is 0. The first-order chi connectivity index (χ1) is 14.3. The molecule has 0 spiro atoms. The van der Waals surface area contributed by atoms with Gasteiger partial charge in [0.25, 0.3) is 0 Å². The van der Waals surface area contributed by atoms with Gasteiger partial charge in [-0.25, -0.2) is 4.79 Å². The second-order valence-electron chi connectivity index (χ2n) is 8.52. The highest BCUT2D eigenvalue weighted by atomic mass is 16.4. The Hall–Kier alpha value is -3.24. The summed E-state index contributed by atoms with van der Waals surface area (Å²) in [5.74, 6) is -0.988. The van der Waals surface area contributed by atoms with Gasteiger partial charge in [-0.2, -0.15) is 0 Å². The highest BCUT2D eigenvalue weighted by molar-refractivity contribution is 5.96. The fourth-order valence-corrected chi connectivity index (χ4v) is 4.54. The first-order valence-electron chi connectivity index (χ1n) is 10.0. The summed E-state index contributed by atoms with van der Waals surface area (Å²) in [6.07, 6.45) is 6.43. The second-order valence-corrected chi connectivity index (χ2v) is 8.52. The van der Waals surface area contributed by atoms with Gasteiger partial charge in [0.2, 0.25) is 0 Å². The van der Waals surface area contributed by atoms with Crippen molar-refractivity contribution in [1.82, 2.24) is 4.98 Å². The average Bonchev–Trinajstić information content (AvgIpc) is 2.76. The molecule has 4 heteroatoms. The van der Waals surface area contributed by atoms with Crippen molar-refractivity contribution in [2.75, 3.05) is 0 Å². The number of carboxylic acid groups (broad SMARTS) is 1. The van der Waals surface area contributed by atoms with Crippen LogP contribution in [0.1, 0.15) is 59.3 Å². The van der Waals surface area contributed by atoms with Crippen LogP contribution in [0.4, 0.5) is 0 Å². The van der Waals surface area contributed by atoms with Crippen molar-refractivity contribution in [3.63, 3.8) is 0 Å². The number of hydrogen-bond acceptors (Lipinski definition) is 3. The third kappa shape index (κ3) is 3.14. The number of carboxylic acids is 1. The molecule has 1 atom stereocenters. The lowest BCUT2D eigenvalue weighted by Gasteiger charge is -2.43. The Morgan fingerprint density at radius 1 is 1.10 bits per heavy atom. The van der Waals surface area contributed by atoms with Crippen LogP contribution in [0.25, 0.3) is 17.2 Å². The number of nitrogens with zero attached hydrogens (tertiary/aromatic N) is 1. The Morgan fingerprint density at radius 2 is 1.90 bits per heavy atom. The van der Waals surface area contributed by atoms with Crippen molar-refractivity contribution < 1.29 is 15.0 Å². The number of aromatic nitrogens is 1. The Kier molecular flexibility index (Phi) is 4.83. The molecule has 1 aromatic heterocycles. The van der Waals surface area contributed by atoms with E-state index in [1.807, 2.05) is 30.3 Å². The predicted molar refractivity (Wildman–Crippen MR) is 118 cm³/mol. The minimum Gasteiger partial charge on any atom is -0.478 e. The van der Waals surface area contributed by atoms with E-state index in [-0.39, 0.29) is 11.0 Å². The van der Waals surface area contributed by atoms with E-state index in [9.17, 15) is 15.0 Å². The molecule has 0 saturated carbocycles. The van der Waals surface area contributed by atoms with Crippen molar-refractivity contribution in [3.05, 3.63) is 95.3 Å². The first kappa shape index (κ1) is 20.0. The van der Waals surface area contributed by atoms with Crippen LogP contribution in [0.2, 0.25) is 0 Å². The van der Waals surface area contributed by atoms with Gasteiger partial charge in [0.15, 0.2) is 0 Å². The third-order valence-electron chi connectivity index (χ3n) is 6.30. The first-order valence-corrected chi connectivity index (χ1v) is 10.0. The standard InChI is InChI=1S/C26H25NO3/c1-4-19-20(8-5-9-21(19)24(28)29)17-10-11-22-23(15-17)26(30,13-12-25(22,2)3)18-7-6-14-27-16-18/h4-11,14-16,30H,1,12-13H2,2-3H3,(H,28,29). The molecule has 4 nitrogen and oxygen atoms in total. The van der Waals surface area contributed by atoms with Crippen LogP contribution >= 0.6 is 0 Å². The molecule has 1 heterocycles. The number of fused-ring (bicyclic) bond motifs is 1. The maximum absolute atomic E-state index is 11.8. The molecule has 3 aromatic rings. The summed E-state index contributed by atoms with van der Waals surface area (Å²) < 4.78 is 0. The Bertz CT molecular complexity index is 1130. The molecule has 30 heavy (non-hydrogen) atoms. The molecule has 1 aliphatic rings. The van der Waals surface area contributed by atoms with Gasteiger partial charge in [-0.05, 0) is 64.3 Å². The molecular weight excluding hydrogens is 374 g/mol. The zero-order valence-electron chi connectivity index (χ0n) is 17.2. The molecule has 152 valence electrons. The van der Waals surface area contributed by atoms with E-state index in [4.69, 9.17) is 0 Å². The molecule has 1 unspecified atom stereocenters. The van der Waals surface area contributed by atoms with Crippen molar-refractivity contribution in [2.24, 2.45) is 0 Å². The van der Waals surface area contributed by atoms with Gasteiger partial charge >= 0.3 is 5.97 Å². The van der Waals surface area contributed by atoms with E-state index in [0.29, 0.717) is 12.0 Å². The zero-order chi connectivity index (χ0) is 21.5. The Labute approximate surface area is 176 Å². The normalized spacial score (nSPS) is 19.7. The fraction of sp³-hybridized carbons (Fsp3) is 0.231. The summed E-state index contributed by atoms with van der Waals surface area (Å²) in [4.78, 5) is 15.9. The number of pyridine rings is 1. The quantitative estimate of drug-likeness (QED) is 0.616. The van der Waals surface area contributed by atoms with Crippen LogP contribution in [-0.4, -0.2) is 21.2 Å². The number of carbonyl (C=O) groups is 1. The molecule has 0 saturated heterocycles. The van der Waals surface area contributed by atoms with E-state index in [1.165, 1.54) is 0 Å². The number of benzene rings is 2. The molecule has 0 amide bonds. The Morgan fingerprint density at radius 3 is 2.57 bits per heavy atom. The molecule has 0 fully saturated rings. The van der Waals surface area contributed by atoms with Crippen molar-refractivity contribution in [1.29, 1.82) is 0 Å². The number of hydrogen-bond donors (Lipinski definition) is 2. The minimum atomic E-state index is -1.14. The summed E-state index contributed by atoms with van der Waals surface area (Å²) in [5, 5.41) is 21.4. The molecule has 4 rings (SSSR count). The van der Waals surface area contributed by atoms with E-state index in [1.54, 1.807) is 30.6 Å². The molecule has 1 aliphatic carbocycles. The maximum atomic E-state index is 11.8. The van der Waals surface area contributed by atoms with Crippen LogP contribution in [0, 0.1) is 0 Å². The lowest BCUT2D eigenvalue weighted by Crippen LogP contribution is -2.38. The molecule has 2 aromatic carbocycles. The monoisotopic (exact) mass is 399 g/mol. The van der Waals surface area contributed by atoms with Crippen molar-refractivity contribution >= 4 is 12.0 Å². The molecule has 2 N–H and O–H groups in total. The van der Waals surface area contributed by atoms with Crippen LogP contribution in [-0.2, 0) is 11.0 Å².